The van der Waals surface area contributed by atoms with Gasteiger partial charge in [0, 0.05) is 19.6 Å². The first kappa shape index (κ1) is 26.1. The molecule has 0 bridgehead atoms. The highest BCUT2D eigenvalue weighted by molar-refractivity contribution is 5.66. The third kappa shape index (κ3) is 31.2. The molecule has 0 aliphatic rings. The summed E-state index contributed by atoms with van der Waals surface area (Å²) in [5.74, 6) is -0.671. The summed E-state index contributed by atoms with van der Waals surface area (Å²) in [4.78, 5) is 10.3. The molecular weight excluding hydrogens is 312 g/mol. The van der Waals surface area contributed by atoms with Crippen LogP contribution in [0, 0.1) is 0 Å². The SMILES string of the molecule is CCCCC/C=C\C/C=C\CCCCCCCC(=O)O.CCOCC. The maximum absolute atomic E-state index is 10.3. The van der Waals surface area contributed by atoms with E-state index in [2.05, 4.69) is 31.2 Å². The molecule has 0 rings (SSSR count). The van der Waals surface area contributed by atoms with Gasteiger partial charge in [0.1, 0.15) is 0 Å². The molecule has 0 aromatic rings. The van der Waals surface area contributed by atoms with Crippen molar-refractivity contribution in [2.75, 3.05) is 13.2 Å². The highest BCUT2D eigenvalue weighted by Crippen LogP contribution is 2.08. The molecule has 3 heteroatoms. The van der Waals surface area contributed by atoms with Gasteiger partial charge < -0.3 is 9.84 Å². The van der Waals surface area contributed by atoms with Crippen molar-refractivity contribution in [3.05, 3.63) is 24.3 Å². The van der Waals surface area contributed by atoms with E-state index in [1.54, 1.807) is 0 Å². The fourth-order valence-corrected chi connectivity index (χ4v) is 2.29. The van der Waals surface area contributed by atoms with Gasteiger partial charge in [-0.2, -0.15) is 0 Å². The summed E-state index contributed by atoms with van der Waals surface area (Å²) in [6.07, 6.45) is 22.3. The summed E-state index contributed by atoms with van der Waals surface area (Å²) in [5, 5.41) is 8.50. The largest absolute Gasteiger partial charge is 0.481 e. The molecule has 0 fully saturated rings. The summed E-state index contributed by atoms with van der Waals surface area (Å²) in [5.41, 5.74) is 0. The molecular formula is C22H42O3. The van der Waals surface area contributed by atoms with E-state index in [9.17, 15) is 4.79 Å². The molecule has 0 aliphatic heterocycles. The fraction of sp³-hybridized carbons (Fsp3) is 0.773. The monoisotopic (exact) mass is 354 g/mol. The first-order valence-electron chi connectivity index (χ1n) is 10.3. The van der Waals surface area contributed by atoms with E-state index in [0.717, 1.165) is 38.9 Å². The Morgan fingerprint density at radius 1 is 0.760 bits per heavy atom. The highest BCUT2D eigenvalue weighted by atomic mass is 16.5. The maximum atomic E-state index is 10.3. The lowest BCUT2D eigenvalue weighted by Crippen LogP contribution is -1.93. The van der Waals surface area contributed by atoms with Crippen molar-refractivity contribution in [3.63, 3.8) is 0 Å². The third-order valence-electron chi connectivity index (χ3n) is 3.75. The van der Waals surface area contributed by atoms with Crippen molar-refractivity contribution in [1.82, 2.24) is 0 Å². The van der Waals surface area contributed by atoms with Crippen LogP contribution in [0.5, 0.6) is 0 Å². The average molecular weight is 355 g/mol. The Hall–Kier alpha value is -1.09. The van der Waals surface area contributed by atoms with Crippen LogP contribution >= 0.6 is 0 Å². The number of carboxylic acids is 1. The average Bonchev–Trinajstić information content (AvgIpc) is 2.59. The molecule has 25 heavy (non-hydrogen) atoms. The molecule has 0 saturated carbocycles. The van der Waals surface area contributed by atoms with E-state index < -0.39 is 5.97 Å². The van der Waals surface area contributed by atoms with Crippen LogP contribution in [0.3, 0.4) is 0 Å². The second-order valence-electron chi connectivity index (χ2n) is 6.16. The lowest BCUT2D eigenvalue weighted by atomic mass is 10.1. The van der Waals surface area contributed by atoms with Crippen molar-refractivity contribution >= 4 is 5.97 Å². The van der Waals surface area contributed by atoms with Gasteiger partial charge in [-0.15, -0.1) is 0 Å². The molecule has 3 nitrogen and oxygen atoms in total. The van der Waals surface area contributed by atoms with Crippen LogP contribution in [0.1, 0.15) is 97.8 Å². The van der Waals surface area contributed by atoms with Crippen LogP contribution < -0.4 is 0 Å². The Kier molecular flexibility index (Phi) is 26.3. The molecule has 0 aromatic carbocycles. The molecule has 0 amide bonds. The van der Waals surface area contributed by atoms with Crippen LogP contribution in [0.4, 0.5) is 0 Å². The predicted molar refractivity (Wildman–Crippen MR) is 109 cm³/mol. The second kappa shape index (κ2) is 25.2. The lowest BCUT2D eigenvalue weighted by molar-refractivity contribution is -0.137. The smallest absolute Gasteiger partial charge is 0.303 e. The number of hydrogen-bond donors (Lipinski definition) is 1. The summed E-state index contributed by atoms with van der Waals surface area (Å²) < 4.78 is 4.83. The second-order valence-corrected chi connectivity index (χ2v) is 6.16. The molecule has 148 valence electrons. The summed E-state index contributed by atoms with van der Waals surface area (Å²) in [7, 11) is 0. The Morgan fingerprint density at radius 2 is 1.28 bits per heavy atom. The van der Waals surface area contributed by atoms with Gasteiger partial charge in [0.2, 0.25) is 0 Å². The molecule has 0 saturated heterocycles. The number of hydrogen-bond acceptors (Lipinski definition) is 2. The molecule has 0 aliphatic carbocycles. The minimum Gasteiger partial charge on any atom is -0.481 e. The Labute approximate surface area is 156 Å². The first-order chi connectivity index (χ1) is 12.2. The standard InChI is InChI=1S/C18H32O2.C4H10O/c1-2-3-4-5-6-7-8-9-10-11-12-13-14-15-16-17-18(19)20;1-3-5-4-2/h6-7,9-10H,2-5,8,11-17H2,1H3,(H,19,20);3-4H2,1-2H3/b7-6-,10-9-;. The number of rotatable bonds is 16. The summed E-state index contributed by atoms with van der Waals surface area (Å²) >= 11 is 0. The predicted octanol–water partition coefficient (Wildman–Crippen LogP) is 6.93. The summed E-state index contributed by atoms with van der Waals surface area (Å²) in [6, 6.07) is 0. The van der Waals surface area contributed by atoms with E-state index >= 15 is 0 Å². The third-order valence-corrected chi connectivity index (χ3v) is 3.75. The minimum absolute atomic E-state index is 0.324. The van der Waals surface area contributed by atoms with Crippen LogP contribution in [0.25, 0.3) is 0 Å². The van der Waals surface area contributed by atoms with E-state index in [-0.39, 0.29) is 0 Å². The fourth-order valence-electron chi connectivity index (χ4n) is 2.29. The van der Waals surface area contributed by atoms with Gasteiger partial charge in [0.25, 0.3) is 0 Å². The van der Waals surface area contributed by atoms with Crippen LogP contribution in [-0.4, -0.2) is 24.3 Å². The molecule has 0 unspecified atom stereocenters. The Balaban J connectivity index is 0. The number of ether oxygens (including phenoxy) is 1. The van der Waals surface area contributed by atoms with Gasteiger partial charge in [-0.05, 0) is 52.4 Å². The van der Waals surface area contributed by atoms with E-state index in [0.29, 0.717) is 6.42 Å². The van der Waals surface area contributed by atoms with Gasteiger partial charge >= 0.3 is 5.97 Å². The summed E-state index contributed by atoms with van der Waals surface area (Å²) in [6.45, 7) is 7.90. The molecule has 0 radical (unpaired) electrons. The lowest BCUT2D eigenvalue weighted by Gasteiger charge is -1.98. The van der Waals surface area contributed by atoms with Crippen LogP contribution in [-0.2, 0) is 9.53 Å². The number of aliphatic carboxylic acids is 1. The van der Waals surface area contributed by atoms with Gasteiger partial charge in [-0.25, -0.2) is 0 Å². The van der Waals surface area contributed by atoms with E-state index in [1.807, 2.05) is 13.8 Å². The molecule has 0 aromatic heterocycles. The molecule has 0 atom stereocenters. The zero-order chi connectivity index (χ0) is 19.0. The topological polar surface area (TPSA) is 46.5 Å². The normalized spacial score (nSPS) is 11.0. The Bertz CT molecular complexity index is 306. The van der Waals surface area contributed by atoms with Crippen molar-refractivity contribution in [1.29, 1.82) is 0 Å². The number of allylic oxidation sites excluding steroid dienone is 4. The van der Waals surface area contributed by atoms with Gasteiger partial charge in [0.15, 0.2) is 0 Å². The van der Waals surface area contributed by atoms with Gasteiger partial charge in [-0.1, -0.05) is 63.3 Å². The minimum atomic E-state index is -0.671. The van der Waals surface area contributed by atoms with Crippen molar-refractivity contribution in [3.8, 4) is 0 Å². The van der Waals surface area contributed by atoms with Gasteiger partial charge in [0.05, 0.1) is 0 Å². The first-order valence-corrected chi connectivity index (χ1v) is 10.3. The van der Waals surface area contributed by atoms with Crippen molar-refractivity contribution < 1.29 is 14.6 Å². The zero-order valence-corrected chi connectivity index (χ0v) is 17.0. The van der Waals surface area contributed by atoms with E-state index in [1.165, 1.54) is 44.9 Å². The van der Waals surface area contributed by atoms with E-state index in [4.69, 9.17) is 9.84 Å². The molecule has 0 spiro atoms. The zero-order valence-electron chi connectivity index (χ0n) is 17.0. The van der Waals surface area contributed by atoms with Crippen molar-refractivity contribution in [2.45, 2.75) is 97.8 Å². The van der Waals surface area contributed by atoms with Crippen LogP contribution in [0.2, 0.25) is 0 Å². The molecule has 0 heterocycles. The van der Waals surface area contributed by atoms with Crippen LogP contribution in [0.15, 0.2) is 24.3 Å². The quantitative estimate of drug-likeness (QED) is 0.241. The number of carboxylic acid groups (broad SMARTS) is 1. The van der Waals surface area contributed by atoms with Gasteiger partial charge in [-0.3, -0.25) is 4.79 Å². The Morgan fingerprint density at radius 3 is 1.76 bits per heavy atom. The van der Waals surface area contributed by atoms with Crippen molar-refractivity contribution in [2.24, 2.45) is 0 Å². The number of carbonyl (C=O) groups is 1. The molecule has 1 N–H and O–H groups in total. The maximum Gasteiger partial charge on any atom is 0.303 e. The number of unbranched alkanes of at least 4 members (excludes halogenated alkanes) is 8. The highest BCUT2D eigenvalue weighted by Gasteiger charge is 1.95.